The van der Waals surface area contributed by atoms with Crippen molar-refractivity contribution in [2.24, 2.45) is 0 Å². The normalized spacial score (nSPS) is 15.0. The van der Waals surface area contributed by atoms with Crippen molar-refractivity contribution >= 4 is 22.3 Å². The first-order valence-corrected chi connectivity index (χ1v) is 8.78. The van der Waals surface area contributed by atoms with Crippen LogP contribution in [0.1, 0.15) is 60.3 Å². The minimum Gasteiger partial charge on any atom is -0.462 e. The van der Waals surface area contributed by atoms with Gasteiger partial charge in [-0.15, -0.1) is 11.3 Å². The minimum absolute atomic E-state index is 0.260. The number of unbranched alkanes of at least 4 members (excludes halogenated alkanes) is 3. The summed E-state index contributed by atoms with van der Waals surface area (Å²) in [6.07, 6.45) is 6.06. The van der Waals surface area contributed by atoms with Gasteiger partial charge in [-0.3, -0.25) is 4.90 Å². The lowest BCUT2D eigenvalue weighted by molar-refractivity contribution is 0.0526. The Morgan fingerprint density at radius 2 is 2.14 bits per heavy atom. The number of thiophene rings is 1. The summed E-state index contributed by atoms with van der Waals surface area (Å²) in [5.41, 5.74) is 7.79. The van der Waals surface area contributed by atoms with E-state index in [1.165, 1.54) is 30.6 Å². The van der Waals surface area contributed by atoms with Crippen LogP contribution < -0.4 is 5.73 Å². The SMILES string of the molecule is CCCCCCN1CCc2c(sc(N)c2C(=O)OCC)C1. The van der Waals surface area contributed by atoms with E-state index in [0.717, 1.165) is 31.6 Å². The third kappa shape index (κ3) is 3.98. The van der Waals surface area contributed by atoms with E-state index in [-0.39, 0.29) is 5.97 Å². The Morgan fingerprint density at radius 1 is 1.33 bits per heavy atom. The predicted molar refractivity (Wildman–Crippen MR) is 87.8 cm³/mol. The molecule has 21 heavy (non-hydrogen) atoms. The average Bonchev–Trinajstić information content (AvgIpc) is 2.79. The van der Waals surface area contributed by atoms with Crippen LogP contribution in [0, 0.1) is 0 Å². The highest BCUT2D eigenvalue weighted by atomic mass is 32.1. The molecule has 0 saturated heterocycles. The number of anilines is 1. The smallest absolute Gasteiger partial charge is 0.341 e. The lowest BCUT2D eigenvalue weighted by Crippen LogP contribution is -2.31. The van der Waals surface area contributed by atoms with Crippen molar-refractivity contribution in [1.29, 1.82) is 0 Å². The fraction of sp³-hybridized carbons (Fsp3) is 0.688. The lowest BCUT2D eigenvalue weighted by Gasteiger charge is -2.27. The number of esters is 1. The molecule has 0 fully saturated rings. The highest BCUT2D eigenvalue weighted by Crippen LogP contribution is 2.35. The van der Waals surface area contributed by atoms with Gasteiger partial charge in [0.1, 0.15) is 5.00 Å². The second-order valence-electron chi connectivity index (χ2n) is 5.55. The number of rotatable bonds is 7. The zero-order valence-electron chi connectivity index (χ0n) is 13.1. The van der Waals surface area contributed by atoms with E-state index in [4.69, 9.17) is 10.5 Å². The summed E-state index contributed by atoms with van der Waals surface area (Å²) in [6, 6.07) is 0. The second kappa shape index (κ2) is 7.80. The first kappa shape index (κ1) is 16.3. The topological polar surface area (TPSA) is 55.6 Å². The number of hydrogen-bond acceptors (Lipinski definition) is 5. The third-order valence-corrected chi connectivity index (χ3v) is 5.02. The van der Waals surface area contributed by atoms with E-state index in [9.17, 15) is 4.79 Å². The van der Waals surface area contributed by atoms with Crippen molar-refractivity contribution in [3.8, 4) is 0 Å². The Kier molecular flexibility index (Phi) is 6.06. The highest BCUT2D eigenvalue weighted by Gasteiger charge is 2.27. The van der Waals surface area contributed by atoms with Gasteiger partial charge in [0.25, 0.3) is 0 Å². The first-order valence-electron chi connectivity index (χ1n) is 7.96. The van der Waals surface area contributed by atoms with Gasteiger partial charge in [0.2, 0.25) is 0 Å². The maximum Gasteiger partial charge on any atom is 0.341 e. The number of fused-ring (bicyclic) bond motifs is 1. The summed E-state index contributed by atoms with van der Waals surface area (Å²) < 4.78 is 5.13. The van der Waals surface area contributed by atoms with E-state index in [0.29, 0.717) is 17.2 Å². The van der Waals surface area contributed by atoms with Crippen LogP contribution in [0.3, 0.4) is 0 Å². The molecule has 0 aromatic carbocycles. The number of carbonyl (C=O) groups is 1. The molecule has 0 spiro atoms. The molecule has 1 aliphatic heterocycles. The number of hydrogen-bond donors (Lipinski definition) is 1. The van der Waals surface area contributed by atoms with Crippen molar-refractivity contribution in [3.05, 3.63) is 16.0 Å². The fourth-order valence-corrected chi connectivity index (χ4v) is 4.01. The van der Waals surface area contributed by atoms with Gasteiger partial charge in [0, 0.05) is 18.0 Å². The van der Waals surface area contributed by atoms with Crippen molar-refractivity contribution in [1.82, 2.24) is 4.90 Å². The van der Waals surface area contributed by atoms with Crippen molar-refractivity contribution in [2.75, 3.05) is 25.4 Å². The largest absolute Gasteiger partial charge is 0.462 e. The van der Waals surface area contributed by atoms with Crippen LogP contribution in [0.25, 0.3) is 0 Å². The molecule has 1 aromatic rings. The summed E-state index contributed by atoms with van der Waals surface area (Å²) >= 11 is 1.55. The van der Waals surface area contributed by atoms with Crippen molar-refractivity contribution in [3.63, 3.8) is 0 Å². The van der Waals surface area contributed by atoms with Gasteiger partial charge in [-0.2, -0.15) is 0 Å². The molecule has 2 rings (SSSR count). The Bertz CT molecular complexity index is 485. The van der Waals surface area contributed by atoms with E-state index in [1.54, 1.807) is 11.3 Å². The molecule has 0 radical (unpaired) electrons. The number of nitrogens with two attached hydrogens (primary N) is 1. The van der Waals surface area contributed by atoms with Crippen LogP contribution in [0.4, 0.5) is 5.00 Å². The first-order chi connectivity index (χ1) is 10.2. The molecule has 2 N–H and O–H groups in total. The summed E-state index contributed by atoms with van der Waals surface area (Å²) in [4.78, 5) is 15.7. The molecule has 0 unspecified atom stereocenters. The monoisotopic (exact) mass is 310 g/mol. The standard InChI is InChI=1S/C16H26N2O2S/c1-3-5-6-7-9-18-10-8-12-13(11-18)21-15(17)14(12)16(19)20-4-2/h3-11,17H2,1-2H3. The van der Waals surface area contributed by atoms with Crippen LogP contribution in [0.2, 0.25) is 0 Å². The summed E-state index contributed by atoms with van der Waals surface area (Å²) in [7, 11) is 0. The molecule has 0 bridgehead atoms. The van der Waals surface area contributed by atoms with E-state index < -0.39 is 0 Å². The summed E-state index contributed by atoms with van der Waals surface area (Å²) in [5, 5.41) is 0.617. The van der Waals surface area contributed by atoms with Gasteiger partial charge < -0.3 is 10.5 Å². The Hall–Kier alpha value is -1.07. The molecule has 2 heterocycles. The van der Waals surface area contributed by atoms with Crippen LogP contribution in [0.5, 0.6) is 0 Å². The number of ether oxygens (including phenoxy) is 1. The van der Waals surface area contributed by atoms with E-state index in [2.05, 4.69) is 11.8 Å². The van der Waals surface area contributed by atoms with Gasteiger partial charge in [-0.25, -0.2) is 4.79 Å². The molecule has 5 heteroatoms. The molecule has 4 nitrogen and oxygen atoms in total. The summed E-state index contributed by atoms with van der Waals surface area (Å²) in [5.74, 6) is -0.260. The Morgan fingerprint density at radius 3 is 2.86 bits per heavy atom. The van der Waals surface area contributed by atoms with Gasteiger partial charge in [0.15, 0.2) is 0 Å². The highest BCUT2D eigenvalue weighted by molar-refractivity contribution is 7.16. The molecular weight excluding hydrogens is 284 g/mol. The fourth-order valence-electron chi connectivity index (χ4n) is 2.86. The molecule has 0 saturated carbocycles. The lowest BCUT2D eigenvalue weighted by atomic mass is 10.0. The third-order valence-electron chi connectivity index (χ3n) is 3.97. The maximum atomic E-state index is 12.0. The number of nitrogen functional groups attached to an aromatic ring is 1. The molecule has 0 aliphatic carbocycles. The number of carbonyl (C=O) groups excluding carboxylic acids is 1. The van der Waals surface area contributed by atoms with Crippen molar-refractivity contribution < 1.29 is 9.53 Å². The van der Waals surface area contributed by atoms with Gasteiger partial charge in [0.05, 0.1) is 12.2 Å². The molecule has 1 aromatic heterocycles. The van der Waals surface area contributed by atoms with Crippen LogP contribution in [-0.2, 0) is 17.7 Å². The van der Waals surface area contributed by atoms with Gasteiger partial charge in [-0.05, 0) is 31.9 Å². The number of nitrogens with zero attached hydrogens (tertiary/aromatic N) is 1. The maximum absolute atomic E-state index is 12.0. The second-order valence-corrected chi connectivity index (χ2v) is 6.69. The van der Waals surface area contributed by atoms with Crippen LogP contribution in [-0.4, -0.2) is 30.6 Å². The Balaban J connectivity index is 1.99. The predicted octanol–water partition coefficient (Wildman–Crippen LogP) is 3.45. The molecule has 1 aliphatic rings. The summed E-state index contributed by atoms with van der Waals surface area (Å²) in [6.45, 7) is 7.54. The minimum atomic E-state index is -0.260. The molecule has 0 amide bonds. The van der Waals surface area contributed by atoms with Crippen LogP contribution >= 0.6 is 11.3 Å². The Labute approximate surface area is 131 Å². The zero-order valence-corrected chi connectivity index (χ0v) is 13.9. The van der Waals surface area contributed by atoms with Gasteiger partial charge >= 0.3 is 5.97 Å². The van der Waals surface area contributed by atoms with Gasteiger partial charge in [-0.1, -0.05) is 26.2 Å². The quantitative estimate of drug-likeness (QED) is 0.619. The zero-order chi connectivity index (χ0) is 15.2. The van der Waals surface area contributed by atoms with Crippen LogP contribution in [0.15, 0.2) is 0 Å². The van der Waals surface area contributed by atoms with E-state index in [1.807, 2.05) is 6.92 Å². The molecule has 118 valence electrons. The van der Waals surface area contributed by atoms with Crippen molar-refractivity contribution in [2.45, 2.75) is 52.5 Å². The molecule has 0 atom stereocenters. The van der Waals surface area contributed by atoms with E-state index >= 15 is 0 Å². The average molecular weight is 310 g/mol. The molecular formula is C16H26N2O2S.